The van der Waals surface area contributed by atoms with Gasteiger partial charge in [0.1, 0.15) is 17.5 Å². The smallest absolute Gasteiger partial charge is 0.137 e. The van der Waals surface area contributed by atoms with Crippen LogP contribution in [0, 0.1) is 6.92 Å². The fourth-order valence-electron chi connectivity index (χ4n) is 2.57. The first-order chi connectivity index (χ1) is 9.52. The molecule has 1 saturated heterocycles. The van der Waals surface area contributed by atoms with Gasteiger partial charge in [0.2, 0.25) is 0 Å². The molecule has 1 fully saturated rings. The zero-order valence-electron chi connectivity index (χ0n) is 13.0. The molecular formula is C15H26N4O. The van der Waals surface area contributed by atoms with Crippen molar-refractivity contribution >= 4 is 11.6 Å². The van der Waals surface area contributed by atoms with Gasteiger partial charge in [0.05, 0.1) is 6.10 Å². The quantitative estimate of drug-likeness (QED) is 0.885. The third-order valence-electron chi connectivity index (χ3n) is 3.69. The molecule has 1 unspecified atom stereocenters. The van der Waals surface area contributed by atoms with Crippen LogP contribution in [0.5, 0.6) is 0 Å². The van der Waals surface area contributed by atoms with Crippen molar-refractivity contribution in [2.75, 3.05) is 29.9 Å². The highest BCUT2D eigenvalue weighted by atomic mass is 16.3. The van der Waals surface area contributed by atoms with Crippen LogP contribution in [-0.2, 0) is 0 Å². The summed E-state index contributed by atoms with van der Waals surface area (Å²) in [5.41, 5.74) is 1.07. The van der Waals surface area contributed by atoms with E-state index in [1.54, 1.807) is 0 Å². The van der Waals surface area contributed by atoms with E-state index < -0.39 is 0 Å². The average Bonchev–Trinajstić information content (AvgIpc) is 2.41. The number of aliphatic hydroxyl groups is 1. The highest BCUT2D eigenvalue weighted by molar-refractivity contribution is 5.59. The van der Waals surface area contributed by atoms with Crippen LogP contribution >= 0.6 is 0 Å². The number of hydrogen-bond acceptors (Lipinski definition) is 5. The maximum Gasteiger partial charge on any atom is 0.137 e. The number of rotatable bonds is 4. The Morgan fingerprint density at radius 1 is 1.40 bits per heavy atom. The summed E-state index contributed by atoms with van der Waals surface area (Å²) in [4.78, 5) is 11.6. The second-order valence-electron chi connectivity index (χ2n) is 5.81. The molecule has 0 saturated carbocycles. The fraction of sp³-hybridized carbons (Fsp3) is 0.733. The molecule has 0 spiro atoms. The van der Waals surface area contributed by atoms with E-state index in [1.165, 1.54) is 0 Å². The molecule has 20 heavy (non-hydrogen) atoms. The molecule has 1 aromatic rings. The lowest BCUT2D eigenvalue weighted by atomic mass is 10.1. The van der Waals surface area contributed by atoms with Crippen molar-refractivity contribution in [3.63, 3.8) is 0 Å². The van der Waals surface area contributed by atoms with E-state index in [-0.39, 0.29) is 6.10 Å². The maximum atomic E-state index is 9.88. The van der Waals surface area contributed by atoms with Crippen LogP contribution in [0.25, 0.3) is 0 Å². The van der Waals surface area contributed by atoms with Crippen LogP contribution in [0.3, 0.4) is 0 Å². The molecule has 0 bridgehead atoms. The summed E-state index contributed by atoms with van der Waals surface area (Å²) in [7, 11) is 0. The average molecular weight is 278 g/mol. The monoisotopic (exact) mass is 278 g/mol. The second-order valence-corrected chi connectivity index (χ2v) is 5.81. The van der Waals surface area contributed by atoms with Gasteiger partial charge < -0.3 is 15.3 Å². The maximum absolute atomic E-state index is 9.88. The van der Waals surface area contributed by atoms with Crippen LogP contribution in [0.2, 0.25) is 0 Å². The largest absolute Gasteiger partial charge is 0.391 e. The normalized spacial score (nSPS) is 19.5. The van der Waals surface area contributed by atoms with Crippen LogP contribution in [-0.4, -0.2) is 40.8 Å². The summed E-state index contributed by atoms with van der Waals surface area (Å²) in [6.07, 6.45) is 1.65. The molecule has 5 heteroatoms. The molecule has 5 nitrogen and oxygen atoms in total. The molecule has 0 aliphatic carbocycles. The van der Waals surface area contributed by atoms with Gasteiger partial charge in [-0.3, -0.25) is 0 Å². The summed E-state index contributed by atoms with van der Waals surface area (Å²) in [5, 5.41) is 13.2. The lowest BCUT2D eigenvalue weighted by Crippen LogP contribution is -2.39. The van der Waals surface area contributed by atoms with Crippen molar-refractivity contribution in [3.05, 3.63) is 11.4 Å². The second kappa shape index (κ2) is 6.39. The number of aromatic nitrogens is 2. The van der Waals surface area contributed by atoms with Crippen molar-refractivity contribution in [2.24, 2.45) is 0 Å². The van der Waals surface area contributed by atoms with Gasteiger partial charge in [-0.25, -0.2) is 9.97 Å². The minimum atomic E-state index is -0.247. The van der Waals surface area contributed by atoms with E-state index in [0.29, 0.717) is 12.5 Å². The third kappa shape index (κ3) is 3.20. The first kappa shape index (κ1) is 15.0. The minimum Gasteiger partial charge on any atom is -0.391 e. The van der Waals surface area contributed by atoms with Crippen LogP contribution < -0.4 is 10.2 Å². The van der Waals surface area contributed by atoms with Crippen LogP contribution in [0.1, 0.15) is 50.9 Å². The van der Waals surface area contributed by atoms with Crippen LogP contribution in [0.4, 0.5) is 11.6 Å². The van der Waals surface area contributed by atoms with Crippen molar-refractivity contribution < 1.29 is 5.11 Å². The van der Waals surface area contributed by atoms with Gasteiger partial charge in [0.25, 0.3) is 0 Å². The first-order valence-corrected chi connectivity index (χ1v) is 7.58. The number of nitrogens with zero attached hydrogens (tertiary/aromatic N) is 3. The van der Waals surface area contributed by atoms with Gasteiger partial charge in [0.15, 0.2) is 0 Å². The molecule has 1 aliphatic heterocycles. The molecule has 2 N–H and O–H groups in total. The van der Waals surface area contributed by atoms with Gasteiger partial charge in [0, 0.05) is 31.1 Å². The SMILES string of the molecule is CCNc1nc(C(C)C)nc(N2CCCC(O)C2)c1C. The number of anilines is 2. The van der Waals surface area contributed by atoms with Gasteiger partial charge in [-0.1, -0.05) is 13.8 Å². The Hall–Kier alpha value is -1.36. The highest BCUT2D eigenvalue weighted by Gasteiger charge is 2.23. The third-order valence-corrected chi connectivity index (χ3v) is 3.69. The number of aliphatic hydroxyl groups excluding tert-OH is 1. The lowest BCUT2D eigenvalue weighted by Gasteiger charge is -2.32. The Morgan fingerprint density at radius 2 is 2.15 bits per heavy atom. The number of β-amino-alcohol motifs (C(OH)–C–C–N with tert-alkyl or cyclic N) is 1. The summed E-state index contributed by atoms with van der Waals surface area (Å²) in [6.45, 7) is 10.8. The number of nitrogens with one attached hydrogen (secondary N) is 1. The predicted molar refractivity (Wildman–Crippen MR) is 82.5 cm³/mol. The Bertz CT molecular complexity index is 461. The molecule has 2 rings (SSSR count). The van der Waals surface area contributed by atoms with Crippen molar-refractivity contribution in [1.82, 2.24) is 9.97 Å². The zero-order chi connectivity index (χ0) is 14.7. The zero-order valence-corrected chi connectivity index (χ0v) is 13.0. The minimum absolute atomic E-state index is 0.247. The molecular weight excluding hydrogens is 252 g/mol. The highest BCUT2D eigenvalue weighted by Crippen LogP contribution is 2.28. The molecule has 1 aromatic heterocycles. The van der Waals surface area contributed by atoms with E-state index in [0.717, 1.165) is 49.0 Å². The van der Waals surface area contributed by atoms with Gasteiger partial charge in [-0.15, -0.1) is 0 Å². The van der Waals surface area contributed by atoms with E-state index in [2.05, 4.69) is 42.9 Å². The molecule has 2 heterocycles. The van der Waals surface area contributed by atoms with Crippen molar-refractivity contribution in [2.45, 2.75) is 52.6 Å². The van der Waals surface area contributed by atoms with Crippen molar-refractivity contribution in [3.8, 4) is 0 Å². The van der Waals surface area contributed by atoms with Crippen LogP contribution in [0.15, 0.2) is 0 Å². The predicted octanol–water partition coefficient (Wildman–Crippen LogP) is 2.30. The molecule has 0 amide bonds. The summed E-state index contributed by atoms with van der Waals surface area (Å²) >= 11 is 0. The van der Waals surface area contributed by atoms with Crippen molar-refractivity contribution in [1.29, 1.82) is 0 Å². The summed E-state index contributed by atoms with van der Waals surface area (Å²) < 4.78 is 0. The van der Waals surface area contributed by atoms with E-state index >= 15 is 0 Å². The number of hydrogen-bond donors (Lipinski definition) is 2. The van der Waals surface area contributed by atoms with E-state index in [4.69, 9.17) is 4.98 Å². The molecule has 1 atom stereocenters. The van der Waals surface area contributed by atoms with Gasteiger partial charge >= 0.3 is 0 Å². The fourth-order valence-corrected chi connectivity index (χ4v) is 2.57. The Morgan fingerprint density at radius 3 is 2.75 bits per heavy atom. The van der Waals surface area contributed by atoms with E-state index in [1.807, 2.05) is 0 Å². The molecule has 1 aliphatic rings. The summed E-state index contributed by atoms with van der Waals surface area (Å²) in [6, 6.07) is 0. The Kier molecular flexibility index (Phi) is 4.81. The Labute approximate surface area is 121 Å². The summed E-state index contributed by atoms with van der Waals surface area (Å²) in [5.74, 6) is 3.04. The topological polar surface area (TPSA) is 61.3 Å². The number of piperidine rings is 1. The lowest BCUT2D eigenvalue weighted by molar-refractivity contribution is 0.154. The van der Waals surface area contributed by atoms with E-state index in [9.17, 15) is 5.11 Å². The molecule has 112 valence electrons. The standard InChI is InChI=1S/C15H26N4O/c1-5-16-14-11(4)15(18-13(17-14)10(2)3)19-8-6-7-12(20)9-19/h10,12,20H,5-9H2,1-4H3,(H,16,17,18). The van der Waals surface area contributed by atoms with Gasteiger partial charge in [-0.05, 0) is 26.7 Å². The first-order valence-electron chi connectivity index (χ1n) is 7.58. The van der Waals surface area contributed by atoms with Gasteiger partial charge in [-0.2, -0.15) is 0 Å². The molecule has 0 radical (unpaired) electrons. The molecule has 0 aromatic carbocycles. The Balaban J connectivity index is 2.39.